The van der Waals surface area contributed by atoms with E-state index in [1.807, 2.05) is 48.6 Å². The van der Waals surface area contributed by atoms with Gasteiger partial charge in [-0.3, -0.25) is 9.59 Å². The summed E-state index contributed by atoms with van der Waals surface area (Å²) in [5, 5.41) is 5.42. The Hall–Kier alpha value is -4.18. The predicted octanol–water partition coefficient (Wildman–Crippen LogP) is 6.50. The summed E-state index contributed by atoms with van der Waals surface area (Å²) in [5.74, 6) is 0.750. The molecule has 0 spiro atoms. The molecule has 1 atom stereocenters. The van der Waals surface area contributed by atoms with E-state index in [4.69, 9.17) is 4.74 Å². The summed E-state index contributed by atoms with van der Waals surface area (Å²) in [6.07, 6.45) is 5.23. The fourth-order valence-electron chi connectivity index (χ4n) is 4.89. The van der Waals surface area contributed by atoms with E-state index in [1.54, 1.807) is 31.4 Å². The molecule has 174 valence electrons. The molecule has 4 aromatic rings. The average Bonchev–Trinajstić information content (AvgIpc) is 3.17. The van der Waals surface area contributed by atoms with E-state index in [0.717, 1.165) is 28.0 Å². The molecule has 1 aliphatic heterocycles. The molecule has 0 bridgehead atoms. The molecule has 1 aliphatic rings. The molecule has 4 heteroatoms. The fourth-order valence-corrected chi connectivity index (χ4v) is 4.89. The molecule has 1 N–H and O–H groups in total. The van der Waals surface area contributed by atoms with Gasteiger partial charge in [-0.25, -0.2) is 0 Å². The molecular formula is C31H27NO3. The third-order valence-electron chi connectivity index (χ3n) is 6.79. The maximum absolute atomic E-state index is 13.4. The molecule has 0 saturated heterocycles. The number of methoxy groups -OCH3 is 1. The van der Waals surface area contributed by atoms with Crippen LogP contribution in [0.2, 0.25) is 0 Å². The second kappa shape index (κ2) is 9.59. The first-order valence-corrected chi connectivity index (χ1v) is 11.8. The second-order valence-corrected chi connectivity index (χ2v) is 8.97. The number of hydrogen-bond acceptors (Lipinski definition) is 3. The van der Waals surface area contributed by atoms with Crippen LogP contribution < -0.4 is 10.1 Å². The van der Waals surface area contributed by atoms with Gasteiger partial charge in [0.05, 0.1) is 12.5 Å². The topological polar surface area (TPSA) is 55.4 Å². The molecule has 0 unspecified atom stereocenters. The number of allylic oxidation sites excluding steroid dienone is 2. The first-order chi connectivity index (χ1) is 17.1. The van der Waals surface area contributed by atoms with E-state index in [0.29, 0.717) is 18.4 Å². The first-order valence-electron chi connectivity index (χ1n) is 11.8. The van der Waals surface area contributed by atoms with Crippen LogP contribution in [0.25, 0.3) is 10.8 Å². The van der Waals surface area contributed by atoms with Crippen molar-refractivity contribution in [2.75, 3.05) is 12.4 Å². The zero-order valence-corrected chi connectivity index (χ0v) is 19.7. The fraction of sp³-hybridized carbons (Fsp3) is 0.161. The highest BCUT2D eigenvalue weighted by atomic mass is 16.5. The smallest absolute Gasteiger partial charge is 0.235 e. The number of rotatable bonds is 8. The molecule has 4 aromatic carbocycles. The Morgan fingerprint density at radius 3 is 2.43 bits per heavy atom. The van der Waals surface area contributed by atoms with E-state index >= 15 is 0 Å². The molecule has 0 aliphatic carbocycles. The van der Waals surface area contributed by atoms with Gasteiger partial charge in [-0.2, -0.15) is 0 Å². The molecule has 0 radical (unpaired) electrons. The van der Waals surface area contributed by atoms with Crippen molar-refractivity contribution < 1.29 is 14.3 Å². The van der Waals surface area contributed by atoms with Crippen LogP contribution >= 0.6 is 0 Å². The third kappa shape index (κ3) is 4.47. The lowest BCUT2D eigenvalue weighted by molar-refractivity contribution is -0.120. The third-order valence-corrected chi connectivity index (χ3v) is 6.79. The van der Waals surface area contributed by atoms with Crippen molar-refractivity contribution in [1.29, 1.82) is 0 Å². The minimum Gasteiger partial charge on any atom is -0.497 e. The van der Waals surface area contributed by atoms with Crippen molar-refractivity contribution in [3.63, 3.8) is 0 Å². The highest BCUT2D eigenvalue weighted by Crippen LogP contribution is 2.43. The number of amides is 1. The van der Waals surface area contributed by atoms with Crippen molar-refractivity contribution in [2.45, 2.75) is 24.7 Å². The Morgan fingerprint density at radius 1 is 0.886 bits per heavy atom. The zero-order valence-electron chi connectivity index (χ0n) is 19.7. The van der Waals surface area contributed by atoms with Crippen molar-refractivity contribution in [3.8, 4) is 5.75 Å². The van der Waals surface area contributed by atoms with Crippen molar-refractivity contribution >= 4 is 28.2 Å². The molecule has 1 heterocycles. The molecular weight excluding hydrogens is 434 g/mol. The summed E-state index contributed by atoms with van der Waals surface area (Å²) in [6, 6.07) is 29.7. The predicted molar refractivity (Wildman–Crippen MR) is 140 cm³/mol. The van der Waals surface area contributed by atoms with Gasteiger partial charge in [-0.05, 0) is 65.1 Å². The summed E-state index contributed by atoms with van der Waals surface area (Å²) in [4.78, 5) is 26.0. The average molecular weight is 462 g/mol. The Balaban J connectivity index is 1.40. The number of nitrogens with one attached hydrogen (secondary N) is 1. The Kier molecular flexibility index (Phi) is 6.19. The van der Waals surface area contributed by atoms with Crippen LogP contribution in [0.4, 0.5) is 5.69 Å². The number of para-hydroxylation sites is 1. The van der Waals surface area contributed by atoms with E-state index in [-0.39, 0.29) is 18.1 Å². The molecule has 0 aromatic heterocycles. The summed E-state index contributed by atoms with van der Waals surface area (Å²) < 4.78 is 5.16. The van der Waals surface area contributed by atoms with E-state index < -0.39 is 5.41 Å². The van der Waals surface area contributed by atoms with Gasteiger partial charge in [-0.1, -0.05) is 72.8 Å². The number of anilines is 1. The van der Waals surface area contributed by atoms with Gasteiger partial charge in [0.25, 0.3) is 0 Å². The molecule has 4 nitrogen and oxygen atoms in total. The van der Waals surface area contributed by atoms with Crippen molar-refractivity contribution in [1.82, 2.24) is 0 Å². The van der Waals surface area contributed by atoms with Crippen LogP contribution in [-0.4, -0.2) is 18.8 Å². The van der Waals surface area contributed by atoms with Gasteiger partial charge in [0, 0.05) is 17.7 Å². The summed E-state index contributed by atoms with van der Waals surface area (Å²) in [7, 11) is 1.60. The van der Waals surface area contributed by atoms with E-state index in [9.17, 15) is 9.59 Å². The number of carbonyl (C=O) groups excluding carboxylic acids is 2. The highest BCUT2D eigenvalue weighted by Gasteiger charge is 2.45. The molecule has 1 amide bonds. The van der Waals surface area contributed by atoms with Gasteiger partial charge in [0.2, 0.25) is 5.91 Å². The minimum absolute atomic E-state index is 0.00186. The number of fused-ring (bicyclic) bond motifs is 2. The van der Waals surface area contributed by atoms with Crippen LogP contribution in [0.15, 0.2) is 103 Å². The summed E-state index contributed by atoms with van der Waals surface area (Å²) in [5.41, 5.74) is 2.90. The Morgan fingerprint density at radius 2 is 1.63 bits per heavy atom. The highest BCUT2D eigenvalue weighted by molar-refractivity contribution is 6.06. The summed E-state index contributed by atoms with van der Waals surface area (Å²) in [6.45, 7) is 0. The lowest BCUT2D eigenvalue weighted by atomic mass is 9.73. The van der Waals surface area contributed by atoms with Crippen LogP contribution in [-0.2, 0) is 16.6 Å². The quantitative estimate of drug-likeness (QED) is 0.241. The standard InChI is InChI=1S/C31H27NO3/c1-35-26-17-15-24(16-18-26)29(33)12-6-7-19-31(27-10-4-5-11-28(27)32-30(31)34)21-22-13-14-23-8-2-3-9-25(23)20-22/h2-11,13-18,20H,12,19,21H2,1H3,(H,32,34)/b7-6+/t31-/m1/s1. The Labute approximate surface area is 205 Å². The van der Waals surface area contributed by atoms with Gasteiger partial charge in [-0.15, -0.1) is 0 Å². The first kappa shape index (κ1) is 22.6. The number of hydrogen-bond donors (Lipinski definition) is 1. The normalized spacial score (nSPS) is 16.9. The van der Waals surface area contributed by atoms with Crippen LogP contribution in [0.5, 0.6) is 5.75 Å². The molecule has 35 heavy (non-hydrogen) atoms. The lowest BCUT2D eigenvalue weighted by Gasteiger charge is -2.27. The van der Waals surface area contributed by atoms with Crippen molar-refractivity contribution in [3.05, 3.63) is 120 Å². The van der Waals surface area contributed by atoms with Gasteiger partial charge < -0.3 is 10.1 Å². The van der Waals surface area contributed by atoms with Crippen LogP contribution in [0.3, 0.4) is 0 Å². The number of ketones is 1. The summed E-state index contributed by atoms with van der Waals surface area (Å²) >= 11 is 0. The molecule has 0 fully saturated rings. The minimum atomic E-state index is -0.724. The number of benzene rings is 4. The zero-order chi connectivity index (χ0) is 24.3. The van der Waals surface area contributed by atoms with Crippen LogP contribution in [0, 0.1) is 0 Å². The van der Waals surface area contributed by atoms with Crippen molar-refractivity contribution in [2.24, 2.45) is 0 Å². The number of ether oxygens (including phenoxy) is 1. The van der Waals surface area contributed by atoms with E-state index in [1.165, 1.54) is 5.39 Å². The molecule has 0 saturated carbocycles. The maximum atomic E-state index is 13.4. The SMILES string of the molecule is COc1ccc(C(=O)C/C=C/C[C@]2(Cc3ccc4ccccc4c3)C(=O)Nc3ccccc32)cc1. The largest absolute Gasteiger partial charge is 0.497 e. The monoisotopic (exact) mass is 461 g/mol. The van der Waals surface area contributed by atoms with Gasteiger partial charge >= 0.3 is 0 Å². The maximum Gasteiger partial charge on any atom is 0.235 e. The number of Topliss-reactive ketones (excluding diaryl/α,β-unsaturated/α-hetero) is 1. The van der Waals surface area contributed by atoms with Gasteiger partial charge in [0.1, 0.15) is 5.75 Å². The van der Waals surface area contributed by atoms with Gasteiger partial charge in [0.15, 0.2) is 5.78 Å². The van der Waals surface area contributed by atoms with E-state index in [2.05, 4.69) is 35.6 Å². The molecule has 5 rings (SSSR count). The second-order valence-electron chi connectivity index (χ2n) is 8.97. The lowest BCUT2D eigenvalue weighted by Crippen LogP contribution is -2.36. The Bertz CT molecular complexity index is 1420. The van der Waals surface area contributed by atoms with Crippen LogP contribution in [0.1, 0.15) is 34.3 Å². The number of carbonyl (C=O) groups is 2.